The molecule has 0 saturated carbocycles. The summed E-state index contributed by atoms with van der Waals surface area (Å²) < 4.78 is 27.2. The largest absolute Gasteiger partial charge is 0.344 e. The highest BCUT2D eigenvalue weighted by Crippen LogP contribution is 2.33. The minimum atomic E-state index is -2.97. The maximum absolute atomic E-state index is 13.2. The minimum Gasteiger partial charge on any atom is -0.344 e. The number of sulfone groups is 1. The number of thiazole rings is 1. The molecule has 0 spiro atoms. The molecule has 170 valence electrons. The number of piperidine rings is 1. The van der Waals surface area contributed by atoms with E-state index in [1.807, 2.05) is 32.0 Å². The molecule has 2 aliphatic heterocycles. The van der Waals surface area contributed by atoms with Crippen LogP contribution in [0.2, 0.25) is 0 Å². The van der Waals surface area contributed by atoms with Crippen LogP contribution >= 0.6 is 11.3 Å². The molecular formula is C24H29N3O3S2. The van der Waals surface area contributed by atoms with Gasteiger partial charge in [0.05, 0.1) is 33.3 Å². The van der Waals surface area contributed by atoms with Gasteiger partial charge in [0.1, 0.15) is 0 Å². The molecule has 0 amide bonds. The Bertz CT molecular complexity index is 1240. The van der Waals surface area contributed by atoms with E-state index in [1.165, 1.54) is 9.71 Å². The number of likely N-dealkylation sites (tertiary alicyclic amines) is 1. The number of benzene rings is 1. The third kappa shape index (κ3) is 4.16. The highest BCUT2D eigenvalue weighted by atomic mass is 32.2. The van der Waals surface area contributed by atoms with Crippen molar-refractivity contribution >= 4 is 37.2 Å². The molecule has 2 fully saturated rings. The molecule has 1 aromatic carbocycles. The van der Waals surface area contributed by atoms with Gasteiger partial charge in [0.2, 0.25) is 0 Å². The molecule has 32 heavy (non-hydrogen) atoms. The molecule has 0 N–H and O–H groups in total. The highest BCUT2D eigenvalue weighted by molar-refractivity contribution is 7.91. The Morgan fingerprint density at radius 1 is 1.22 bits per heavy atom. The van der Waals surface area contributed by atoms with Crippen LogP contribution in [0.15, 0.2) is 30.3 Å². The number of rotatable bonds is 5. The van der Waals surface area contributed by atoms with Crippen LogP contribution in [0.5, 0.6) is 0 Å². The number of para-hydroxylation sites is 1. The van der Waals surface area contributed by atoms with Gasteiger partial charge in [-0.25, -0.2) is 13.4 Å². The summed E-state index contributed by atoms with van der Waals surface area (Å²) in [5.74, 6) is 0.895. The number of carbonyl (C=O) groups excluding carboxylic acids is 1. The van der Waals surface area contributed by atoms with Gasteiger partial charge in [-0.2, -0.15) is 0 Å². The Labute approximate surface area is 193 Å². The molecule has 5 rings (SSSR count). The van der Waals surface area contributed by atoms with Crippen LogP contribution in [0.1, 0.15) is 58.0 Å². The summed E-state index contributed by atoms with van der Waals surface area (Å²) in [5, 5.41) is 1.17. The first-order valence-electron chi connectivity index (χ1n) is 11.3. The summed E-state index contributed by atoms with van der Waals surface area (Å²) >= 11 is 1.77. The summed E-state index contributed by atoms with van der Waals surface area (Å²) in [5.41, 5.74) is 3.66. The van der Waals surface area contributed by atoms with Crippen molar-refractivity contribution in [3.63, 3.8) is 0 Å². The predicted octanol–water partition coefficient (Wildman–Crippen LogP) is 4.14. The number of hydrogen-bond donors (Lipinski definition) is 0. The van der Waals surface area contributed by atoms with Gasteiger partial charge in [-0.1, -0.05) is 12.1 Å². The Morgan fingerprint density at radius 2 is 2.03 bits per heavy atom. The van der Waals surface area contributed by atoms with Crippen LogP contribution in [0, 0.1) is 13.8 Å². The summed E-state index contributed by atoms with van der Waals surface area (Å²) in [4.78, 5) is 20.3. The third-order valence-corrected chi connectivity index (χ3v) is 9.84. The maximum Gasteiger partial charge on any atom is 0.178 e. The Hall–Kier alpha value is -2.03. The maximum atomic E-state index is 13.2. The molecule has 8 heteroatoms. The van der Waals surface area contributed by atoms with Gasteiger partial charge in [0, 0.05) is 35.5 Å². The van der Waals surface area contributed by atoms with Gasteiger partial charge in [-0.3, -0.25) is 9.69 Å². The SMILES string of the molecule is Cc1cc(C(=O)CN2CCC[C@H](c3nc4ccccc4s3)C2)c(C)n1[C@@H]1CCS(=O)(=O)C1. The first-order chi connectivity index (χ1) is 15.3. The molecule has 2 aliphatic rings. The van der Waals surface area contributed by atoms with E-state index in [2.05, 4.69) is 21.6 Å². The number of carbonyl (C=O) groups is 1. The van der Waals surface area contributed by atoms with Gasteiger partial charge in [0.15, 0.2) is 15.6 Å². The van der Waals surface area contributed by atoms with Crippen molar-refractivity contribution in [2.45, 2.75) is 45.1 Å². The standard InChI is InChI=1S/C24H29N3O3S2/c1-16-12-20(17(2)27(16)19-9-11-32(29,30)15-19)22(28)14-26-10-5-6-18(13-26)24-25-21-7-3-4-8-23(21)31-24/h3-4,7-8,12,18-19H,5-6,9-11,13-15H2,1-2H3/t18-,19+/m0/s1. The predicted molar refractivity (Wildman–Crippen MR) is 129 cm³/mol. The zero-order chi connectivity index (χ0) is 22.5. The average Bonchev–Trinajstić information content (AvgIpc) is 3.43. The Morgan fingerprint density at radius 3 is 2.78 bits per heavy atom. The summed E-state index contributed by atoms with van der Waals surface area (Å²) in [7, 11) is -2.97. The van der Waals surface area contributed by atoms with Gasteiger partial charge in [-0.15, -0.1) is 11.3 Å². The number of ketones is 1. The number of hydrogen-bond acceptors (Lipinski definition) is 6. The molecular weight excluding hydrogens is 442 g/mol. The van der Waals surface area contributed by atoms with Crippen LogP contribution in [0.3, 0.4) is 0 Å². The number of Topliss-reactive ketones (excluding diaryl/α,β-unsaturated/α-hetero) is 1. The van der Waals surface area contributed by atoms with Crippen LogP contribution < -0.4 is 0 Å². The smallest absolute Gasteiger partial charge is 0.178 e. The first kappa shape index (κ1) is 21.8. The molecule has 3 aromatic rings. The average molecular weight is 472 g/mol. The molecule has 0 bridgehead atoms. The van der Waals surface area contributed by atoms with Gasteiger partial charge in [-0.05, 0) is 57.9 Å². The number of nitrogens with zero attached hydrogens (tertiary/aromatic N) is 3. The molecule has 2 saturated heterocycles. The van der Waals surface area contributed by atoms with E-state index in [1.54, 1.807) is 11.3 Å². The first-order valence-corrected chi connectivity index (χ1v) is 13.9. The van der Waals surface area contributed by atoms with Crippen LogP contribution in [-0.4, -0.2) is 59.8 Å². The number of aromatic nitrogens is 2. The lowest BCUT2D eigenvalue weighted by atomic mass is 9.98. The lowest BCUT2D eigenvalue weighted by Gasteiger charge is -2.31. The molecule has 4 heterocycles. The van der Waals surface area contributed by atoms with Crippen molar-refractivity contribution in [3.05, 3.63) is 52.3 Å². The third-order valence-electron chi connectivity index (χ3n) is 6.89. The fourth-order valence-electron chi connectivity index (χ4n) is 5.35. The minimum absolute atomic E-state index is 0.0556. The van der Waals surface area contributed by atoms with Crippen molar-refractivity contribution in [3.8, 4) is 0 Å². The topological polar surface area (TPSA) is 72.3 Å². The monoisotopic (exact) mass is 471 g/mol. The molecule has 0 radical (unpaired) electrons. The lowest BCUT2D eigenvalue weighted by molar-refractivity contribution is 0.0906. The van der Waals surface area contributed by atoms with E-state index in [-0.39, 0.29) is 23.3 Å². The molecule has 2 aromatic heterocycles. The van der Waals surface area contributed by atoms with E-state index in [0.717, 1.165) is 48.4 Å². The van der Waals surface area contributed by atoms with Crippen LogP contribution in [0.25, 0.3) is 10.2 Å². The van der Waals surface area contributed by atoms with Crippen molar-refractivity contribution in [2.24, 2.45) is 0 Å². The molecule has 6 nitrogen and oxygen atoms in total. The summed E-state index contributed by atoms with van der Waals surface area (Å²) in [6, 6.07) is 10.1. The quantitative estimate of drug-likeness (QED) is 0.523. The zero-order valence-corrected chi connectivity index (χ0v) is 20.2. The van der Waals surface area contributed by atoms with Crippen molar-refractivity contribution in [1.82, 2.24) is 14.5 Å². The second-order valence-electron chi connectivity index (χ2n) is 9.23. The second-order valence-corrected chi connectivity index (χ2v) is 12.5. The van der Waals surface area contributed by atoms with E-state index < -0.39 is 9.84 Å². The molecule has 0 aliphatic carbocycles. The van der Waals surface area contributed by atoms with Gasteiger partial charge in [0.25, 0.3) is 0 Å². The zero-order valence-electron chi connectivity index (χ0n) is 18.6. The van der Waals surface area contributed by atoms with Crippen molar-refractivity contribution < 1.29 is 13.2 Å². The number of fused-ring (bicyclic) bond motifs is 1. The van der Waals surface area contributed by atoms with Gasteiger partial charge < -0.3 is 4.57 Å². The van der Waals surface area contributed by atoms with Gasteiger partial charge >= 0.3 is 0 Å². The van der Waals surface area contributed by atoms with Crippen molar-refractivity contribution in [2.75, 3.05) is 31.1 Å². The summed E-state index contributed by atoms with van der Waals surface area (Å²) in [6.07, 6.45) is 2.80. The fourth-order valence-corrected chi connectivity index (χ4v) is 8.15. The lowest BCUT2D eigenvalue weighted by Crippen LogP contribution is -2.38. The van der Waals surface area contributed by atoms with E-state index in [4.69, 9.17) is 4.98 Å². The second kappa shape index (κ2) is 8.39. The van der Waals surface area contributed by atoms with Crippen LogP contribution in [0.4, 0.5) is 0 Å². The summed E-state index contributed by atoms with van der Waals surface area (Å²) in [6.45, 7) is 6.09. The van der Waals surface area contributed by atoms with E-state index in [9.17, 15) is 13.2 Å². The number of aryl methyl sites for hydroxylation is 1. The molecule has 0 unspecified atom stereocenters. The Kier molecular flexibility index (Phi) is 5.72. The van der Waals surface area contributed by atoms with Crippen molar-refractivity contribution in [1.29, 1.82) is 0 Å². The molecule has 2 atom stereocenters. The normalized spacial score (nSPS) is 23.7. The fraction of sp³-hybridized carbons (Fsp3) is 0.500. The van der Waals surface area contributed by atoms with E-state index >= 15 is 0 Å². The highest BCUT2D eigenvalue weighted by Gasteiger charge is 2.32. The van der Waals surface area contributed by atoms with E-state index in [0.29, 0.717) is 18.9 Å². The van der Waals surface area contributed by atoms with Crippen LogP contribution in [-0.2, 0) is 9.84 Å². The Balaban J connectivity index is 1.30.